The molecule has 2 unspecified atom stereocenters. The highest BCUT2D eigenvalue weighted by atomic mass is 35.6. The van der Waals surface area contributed by atoms with Crippen LogP contribution < -0.4 is 0 Å². The number of esters is 1. The summed E-state index contributed by atoms with van der Waals surface area (Å²) in [5.74, 6) is -2.19. The molecule has 1 fully saturated rings. The summed E-state index contributed by atoms with van der Waals surface area (Å²) in [5.41, 5.74) is -0.349. The molecule has 1 saturated carbocycles. The lowest BCUT2D eigenvalue weighted by atomic mass is 10.1. The standard InChI is InChI=1S/C11H13Cl3O4/c1-10(2)6(8(10)9(16)17)3-4-7(15)18-5-11(12,13)14/h3-4,6,8H,5H2,1-2H3,(H,16,17)/b4-3-. The number of alkyl halides is 3. The fraction of sp³-hybridized carbons (Fsp3) is 0.636. The van der Waals surface area contributed by atoms with Crippen molar-refractivity contribution in [3.05, 3.63) is 12.2 Å². The lowest BCUT2D eigenvalue weighted by molar-refractivity contribution is -0.140. The number of allylic oxidation sites excluding steroid dienone is 1. The third-order valence-corrected chi connectivity index (χ3v) is 3.32. The number of hydrogen-bond donors (Lipinski definition) is 1. The Bertz CT molecular complexity index is 384. The maximum Gasteiger partial charge on any atom is 0.330 e. The van der Waals surface area contributed by atoms with Crippen LogP contribution in [-0.4, -0.2) is 27.4 Å². The van der Waals surface area contributed by atoms with E-state index in [0.29, 0.717) is 0 Å². The average Bonchev–Trinajstić information content (AvgIpc) is 2.73. The summed E-state index contributed by atoms with van der Waals surface area (Å²) in [6.45, 7) is 3.30. The van der Waals surface area contributed by atoms with Crippen LogP contribution in [0.3, 0.4) is 0 Å². The van der Waals surface area contributed by atoms with Crippen molar-refractivity contribution in [2.45, 2.75) is 17.6 Å². The van der Waals surface area contributed by atoms with Crippen LogP contribution in [0.5, 0.6) is 0 Å². The van der Waals surface area contributed by atoms with E-state index in [-0.39, 0.29) is 17.9 Å². The van der Waals surface area contributed by atoms with Crippen LogP contribution in [-0.2, 0) is 14.3 Å². The van der Waals surface area contributed by atoms with Crippen molar-refractivity contribution in [1.82, 2.24) is 0 Å². The van der Waals surface area contributed by atoms with Gasteiger partial charge in [-0.3, -0.25) is 4.79 Å². The molecule has 18 heavy (non-hydrogen) atoms. The van der Waals surface area contributed by atoms with Crippen LogP contribution in [0.25, 0.3) is 0 Å². The Balaban J connectivity index is 2.47. The second-order valence-electron chi connectivity index (χ2n) is 4.75. The van der Waals surface area contributed by atoms with Crippen LogP contribution in [0.4, 0.5) is 0 Å². The van der Waals surface area contributed by atoms with E-state index in [4.69, 9.17) is 39.9 Å². The van der Waals surface area contributed by atoms with Crippen molar-refractivity contribution in [1.29, 1.82) is 0 Å². The van der Waals surface area contributed by atoms with E-state index in [9.17, 15) is 9.59 Å². The van der Waals surface area contributed by atoms with Crippen LogP contribution in [0, 0.1) is 17.3 Å². The Morgan fingerprint density at radius 3 is 2.33 bits per heavy atom. The minimum Gasteiger partial charge on any atom is -0.481 e. The smallest absolute Gasteiger partial charge is 0.330 e. The van der Waals surface area contributed by atoms with E-state index in [1.807, 2.05) is 13.8 Å². The summed E-state index contributed by atoms with van der Waals surface area (Å²) in [6.07, 6.45) is 2.70. The fourth-order valence-electron chi connectivity index (χ4n) is 1.89. The molecule has 0 radical (unpaired) electrons. The number of carboxylic acid groups (broad SMARTS) is 1. The summed E-state index contributed by atoms with van der Waals surface area (Å²) in [5, 5.41) is 8.93. The predicted molar refractivity (Wildman–Crippen MR) is 68.8 cm³/mol. The van der Waals surface area contributed by atoms with Crippen molar-refractivity contribution in [2.24, 2.45) is 17.3 Å². The number of aliphatic carboxylic acids is 1. The van der Waals surface area contributed by atoms with Gasteiger partial charge >= 0.3 is 11.9 Å². The van der Waals surface area contributed by atoms with Gasteiger partial charge in [0.15, 0.2) is 0 Å². The maximum atomic E-state index is 11.3. The third kappa shape index (κ3) is 4.04. The van der Waals surface area contributed by atoms with Gasteiger partial charge in [-0.15, -0.1) is 0 Å². The molecule has 1 N–H and O–H groups in total. The van der Waals surface area contributed by atoms with Crippen LogP contribution in [0.2, 0.25) is 0 Å². The molecule has 0 spiro atoms. The van der Waals surface area contributed by atoms with Crippen molar-refractivity contribution >= 4 is 46.7 Å². The topological polar surface area (TPSA) is 63.6 Å². The van der Waals surface area contributed by atoms with E-state index in [2.05, 4.69) is 4.74 Å². The summed E-state index contributed by atoms with van der Waals surface area (Å²) in [7, 11) is 0. The van der Waals surface area contributed by atoms with Gasteiger partial charge in [0.25, 0.3) is 0 Å². The van der Waals surface area contributed by atoms with Gasteiger partial charge in [0, 0.05) is 6.08 Å². The number of ether oxygens (including phenoxy) is 1. The summed E-state index contributed by atoms with van der Waals surface area (Å²) in [4.78, 5) is 22.2. The first-order chi connectivity index (χ1) is 8.05. The molecule has 0 aliphatic heterocycles. The third-order valence-electron chi connectivity index (χ3n) is 2.99. The molecule has 0 bridgehead atoms. The summed E-state index contributed by atoms with van der Waals surface area (Å²) < 4.78 is 3.03. The molecule has 7 heteroatoms. The molecule has 4 nitrogen and oxygen atoms in total. The molecule has 0 aromatic rings. The fourth-order valence-corrected chi connectivity index (χ4v) is 2.06. The van der Waals surface area contributed by atoms with Crippen molar-refractivity contribution < 1.29 is 19.4 Å². The minimum absolute atomic E-state index is 0.185. The second-order valence-corrected chi connectivity index (χ2v) is 7.26. The first kappa shape index (κ1) is 15.6. The SMILES string of the molecule is CC1(C)C(/C=C\C(=O)OCC(Cl)(Cl)Cl)C1C(=O)O. The summed E-state index contributed by atoms with van der Waals surface area (Å²) in [6, 6.07) is 0. The van der Waals surface area contributed by atoms with E-state index in [1.165, 1.54) is 12.2 Å². The normalized spacial score (nSPS) is 26.1. The monoisotopic (exact) mass is 314 g/mol. The summed E-state index contributed by atoms with van der Waals surface area (Å²) >= 11 is 16.2. The molecular formula is C11H13Cl3O4. The number of rotatable bonds is 4. The number of carbonyl (C=O) groups is 2. The maximum absolute atomic E-state index is 11.3. The van der Waals surface area contributed by atoms with Gasteiger partial charge in [-0.2, -0.15) is 0 Å². The largest absolute Gasteiger partial charge is 0.481 e. The molecule has 0 aromatic heterocycles. The molecule has 102 valence electrons. The minimum atomic E-state index is -1.65. The molecule has 0 amide bonds. The highest BCUT2D eigenvalue weighted by Gasteiger charge is 2.60. The van der Waals surface area contributed by atoms with Crippen LogP contribution in [0.1, 0.15) is 13.8 Å². The molecule has 1 rings (SSSR count). The van der Waals surface area contributed by atoms with Gasteiger partial charge in [-0.1, -0.05) is 54.7 Å². The quantitative estimate of drug-likeness (QED) is 0.492. The van der Waals surface area contributed by atoms with Gasteiger partial charge in [-0.25, -0.2) is 4.79 Å². The Labute approximate surface area is 120 Å². The molecule has 1 aliphatic rings. The predicted octanol–water partition coefficient (Wildman–Crippen LogP) is 2.81. The molecule has 0 heterocycles. The lowest BCUT2D eigenvalue weighted by Gasteiger charge is -2.09. The Hall–Kier alpha value is -0.450. The van der Waals surface area contributed by atoms with Crippen LogP contribution in [0.15, 0.2) is 12.2 Å². The van der Waals surface area contributed by atoms with Crippen molar-refractivity contribution in [3.8, 4) is 0 Å². The van der Waals surface area contributed by atoms with Gasteiger partial charge in [-0.05, 0) is 11.3 Å². The zero-order chi connectivity index (χ0) is 14.1. The van der Waals surface area contributed by atoms with Gasteiger partial charge in [0.05, 0.1) is 5.92 Å². The Morgan fingerprint density at radius 1 is 1.39 bits per heavy atom. The number of hydrogen-bond acceptors (Lipinski definition) is 3. The molecule has 0 saturated heterocycles. The number of carboxylic acids is 1. The van der Waals surface area contributed by atoms with E-state index in [0.717, 1.165) is 0 Å². The molecule has 2 atom stereocenters. The zero-order valence-corrected chi connectivity index (χ0v) is 12.1. The molecule has 0 aromatic carbocycles. The van der Waals surface area contributed by atoms with Crippen molar-refractivity contribution in [3.63, 3.8) is 0 Å². The lowest BCUT2D eigenvalue weighted by Crippen LogP contribution is -2.15. The highest BCUT2D eigenvalue weighted by Crippen LogP contribution is 2.59. The van der Waals surface area contributed by atoms with Gasteiger partial charge in [0.1, 0.15) is 6.61 Å². The molecule has 1 aliphatic carbocycles. The van der Waals surface area contributed by atoms with E-state index in [1.54, 1.807) is 0 Å². The Kier molecular flexibility index (Phi) is 4.57. The Morgan fingerprint density at radius 2 is 1.94 bits per heavy atom. The van der Waals surface area contributed by atoms with E-state index < -0.39 is 21.6 Å². The number of halogens is 3. The first-order valence-corrected chi connectivity index (χ1v) is 6.33. The van der Waals surface area contributed by atoms with Crippen molar-refractivity contribution in [2.75, 3.05) is 6.61 Å². The van der Waals surface area contributed by atoms with Gasteiger partial charge in [0.2, 0.25) is 3.79 Å². The molecular weight excluding hydrogens is 302 g/mol. The van der Waals surface area contributed by atoms with E-state index >= 15 is 0 Å². The zero-order valence-electron chi connectivity index (χ0n) is 9.82. The average molecular weight is 316 g/mol. The van der Waals surface area contributed by atoms with Gasteiger partial charge < -0.3 is 9.84 Å². The number of carbonyl (C=O) groups excluding carboxylic acids is 1. The first-order valence-electron chi connectivity index (χ1n) is 5.20. The second kappa shape index (κ2) is 5.27. The highest BCUT2D eigenvalue weighted by molar-refractivity contribution is 6.67. The van der Waals surface area contributed by atoms with Crippen LogP contribution >= 0.6 is 34.8 Å².